The molecule has 0 spiro atoms. The molecule has 228 valence electrons. The fraction of sp³-hybridized carbons (Fsp3) is 0.211. The third-order valence-electron chi connectivity index (χ3n) is 8.22. The van der Waals surface area contributed by atoms with E-state index in [1.807, 2.05) is 91.1 Å². The second-order valence-electron chi connectivity index (χ2n) is 11.3. The van der Waals surface area contributed by atoms with Crippen molar-refractivity contribution < 1.29 is 14.3 Å². The smallest absolute Gasteiger partial charge is 0.385 e. The lowest BCUT2D eigenvalue weighted by molar-refractivity contribution is -0.129. The summed E-state index contributed by atoms with van der Waals surface area (Å²) < 4.78 is 10.1. The van der Waals surface area contributed by atoms with E-state index in [4.69, 9.17) is 27.9 Å². The molecular formula is C38H34Cl2N2O3. The zero-order valence-corrected chi connectivity index (χ0v) is 26.9. The van der Waals surface area contributed by atoms with E-state index >= 15 is 0 Å². The Morgan fingerprint density at radius 3 is 1.62 bits per heavy atom. The summed E-state index contributed by atoms with van der Waals surface area (Å²) in [6.45, 7) is 5.79. The van der Waals surface area contributed by atoms with Crippen molar-refractivity contribution in [3.63, 3.8) is 0 Å². The summed E-state index contributed by atoms with van der Waals surface area (Å²) in [6, 6.07) is 27.3. The number of unbranched alkanes of at least 4 members (excludes halogenated alkanes) is 2. The summed E-state index contributed by atoms with van der Waals surface area (Å²) in [6.07, 6.45) is 7.58. The summed E-state index contributed by atoms with van der Waals surface area (Å²) in [7, 11) is 0. The molecule has 0 saturated carbocycles. The van der Waals surface area contributed by atoms with E-state index in [9.17, 15) is 9.59 Å². The highest BCUT2D eigenvalue weighted by molar-refractivity contribution is 6.43. The minimum absolute atomic E-state index is 0.332. The van der Waals surface area contributed by atoms with Gasteiger partial charge in [-0.1, -0.05) is 86.3 Å². The van der Waals surface area contributed by atoms with Gasteiger partial charge in [-0.2, -0.15) is 0 Å². The molecule has 0 unspecified atom stereocenters. The van der Waals surface area contributed by atoms with Gasteiger partial charge < -0.3 is 13.9 Å². The van der Waals surface area contributed by atoms with Crippen molar-refractivity contribution in [3.8, 4) is 28.0 Å². The summed E-state index contributed by atoms with van der Waals surface area (Å²) >= 11 is 12.2. The van der Waals surface area contributed by atoms with Gasteiger partial charge in [-0.15, -0.1) is 0 Å². The van der Waals surface area contributed by atoms with Crippen LogP contribution in [-0.2, 0) is 17.9 Å². The first kappa shape index (κ1) is 30.7. The molecule has 6 aromatic rings. The van der Waals surface area contributed by atoms with Gasteiger partial charge in [0.05, 0.1) is 11.1 Å². The quantitative estimate of drug-likeness (QED) is 0.0807. The fourth-order valence-electron chi connectivity index (χ4n) is 5.75. The summed E-state index contributed by atoms with van der Waals surface area (Å²) in [5.41, 5.74) is 6.04. The number of nitrogens with zero attached hydrogens (tertiary/aromatic N) is 2. The number of rotatable bonds is 11. The lowest BCUT2D eigenvalue weighted by Gasteiger charge is -2.06. The molecule has 0 aliphatic heterocycles. The molecule has 6 rings (SSSR count). The lowest BCUT2D eigenvalue weighted by Crippen LogP contribution is -2.20. The Kier molecular flexibility index (Phi) is 9.11. The van der Waals surface area contributed by atoms with E-state index in [0.29, 0.717) is 21.4 Å². The van der Waals surface area contributed by atoms with Crippen LogP contribution in [0, 0.1) is 0 Å². The number of ether oxygens (including phenoxy) is 1. The highest BCUT2D eigenvalue weighted by atomic mass is 35.5. The summed E-state index contributed by atoms with van der Waals surface area (Å²) in [4.78, 5) is 27.5. The van der Waals surface area contributed by atoms with E-state index in [0.717, 1.165) is 82.8 Å². The molecule has 0 bridgehead atoms. The monoisotopic (exact) mass is 636 g/mol. The van der Waals surface area contributed by atoms with Crippen LogP contribution in [0.15, 0.2) is 97.3 Å². The van der Waals surface area contributed by atoms with E-state index < -0.39 is 11.8 Å². The number of Topliss-reactive ketones (excluding diaryl/α,β-unsaturated/α-hetero) is 1. The molecule has 0 aliphatic rings. The van der Waals surface area contributed by atoms with Crippen LogP contribution >= 0.6 is 23.2 Å². The van der Waals surface area contributed by atoms with Gasteiger partial charge in [-0.3, -0.25) is 4.79 Å². The number of ketones is 1. The van der Waals surface area contributed by atoms with Gasteiger partial charge in [0.15, 0.2) is 5.75 Å². The van der Waals surface area contributed by atoms with Crippen LogP contribution in [-0.4, -0.2) is 20.9 Å². The Morgan fingerprint density at radius 2 is 1.09 bits per heavy atom. The Morgan fingerprint density at radius 1 is 0.622 bits per heavy atom. The van der Waals surface area contributed by atoms with Gasteiger partial charge in [0, 0.05) is 51.8 Å². The second kappa shape index (κ2) is 13.4. The molecule has 0 saturated heterocycles. The minimum atomic E-state index is -0.909. The van der Waals surface area contributed by atoms with E-state index in [-0.39, 0.29) is 0 Å². The van der Waals surface area contributed by atoms with Gasteiger partial charge in [0.2, 0.25) is 0 Å². The predicted octanol–water partition coefficient (Wildman–Crippen LogP) is 10.6. The first-order valence-electron chi connectivity index (χ1n) is 15.4. The average molecular weight is 638 g/mol. The molecule has 0 fully saturated rings. The van der Waals surface area contributed by atoms with Gasteiger partial charge in [-0.05, 0) is 83.6 Å². The van der Waals surface area contributed by atoms with Crippen molar-refractivity contribution in [2.75, 3.05) is 0 Å². The molecule has 2 aromatic heterocycles. The molecule has 2 heterocycles. The minimum Gasteiger partial charge on any atom is -0.418 e. The number of hydrogen-bond acceptors (Lipinski definition) is 3. The molecule has 0 aliphatic carbocycles. The molecule has 0 radical (unpaired) electrons. The van der Waals surface area contributed by atoms with Crippen LogP contribution in [0.4, 0.5) is 0 Å². The zero-order valence-electron chi connectivity index (χ0n) is 25.4. The largest absolute Gasteiger partial charge is 0.418 e. The van der Waals surface area contributed by atoms with Gasteiger partial charge in [0.1, 0.15) is 0 Å². The van der Waals surface area contributed by atoms with Crippen molar-refractivity contribution in [1.29, 1.82) is 0 Å². The Balaban J connectivity index is 1.37. The van der Waals surface area contributed by atoms with Gasteiger partial charge >= 0.3 is 5.97 Å². The number of esters is 1. The van der Waals surface area contributed by atoms with Crippen molar-refractivity contribution in [2.45, 2.75) is 52.6 Å². The van der Waals surface area contributed by atoms with Crippen LogP contribution in [0.25, 0.3) is 44.1 Å². The third-order valence-corrected chi connectivity index (χ3v) is 8.72. The number of halogens is 2. The van der Waals surface area contributed by atoms with E-state index in [1.54, 1.807) is 6.20 Å². The summed E-state index contributed by atoms with van der Waals surface area (Å²) in [5, 5.41) is 2.81. The predicted molar refractivity (Wildman–Crippen MR) is 185 cm³/mol. The zero-order chi connectivity index (χ0) is 31.5. The Hall–Kier alpha value is -4.32. The third kappa shape index (κ3) is 6.42. The lowest BCUT2D eigenvalue weighted by atomic mass is 10.0. The Labute approximate surface area is 272 Å². The number of aryl methyl sites for hydroxylation is 2. The fourth-order valence-corrected chi connectivity index (χ4v) is 6.00. The number of aromatic nitrogens is 2. The highest BCUT2D eigenvalue weighted by Gasteiger charge is 2.26. The molecule has 4 aromatic carbocycles. The normalized spacial score (nSPS) is 11.4. The number of benzene rings is 4. The molecule has 0 N–H and O–H groups in total. The topological polar surface area (TPSA) is 53.2 Å². The summed E-state index contributed by atoms with van der Waals surface area (Å²) in [5.74, 6) is -1.22. The molecular weight excluding hydrogens is 603 g/mol. The van der Waals surface area contributed by atoms with Crippen molar-refractivity contribution in [2.24, 2.45) is 0 Å². The maximum Gasteiger partial charge on any atom is 0.385 e. The number of hydrogen-bond donors (Lipinski definition) is 0. The Bertz CT molecular complexity index is 2000. The first-order chi connectivity index (χ1) is 21.9. The van der Waals surface area contributed by atoms with E-state index in [1.165, 1.54) is 0 Å². The number of carbonyl (C=O) groups excluding carboxylic acids is 2. The maximum atomic E-state index is 13.9. The molecule has 45 heavy (non-hydrogen) atoms. The highest BCUT2D eigenvalue weighted by Crippen LogP contribution is 2.34. The van der Waals surface area contributed by atoms with E-state index in [2.05, 4.69) is 23.0 Å². The standard InChI is InChI=1S/C38H34Cl2N2O3/c1-3-5-19-41-23-33(31-21-27(11-17-34(31)41)25-7-13-29(39)14-8-25)37(43)38(44)45-36-24-42(20-6-4-2)35-18-12-28(22-32(35)36)26-9-15-30(40)16-10-26/h7-18,21-24H,3-6,19-20H2,1-2H3. The van der Waals surface area contributed by atoms with Crippen LogP contribution in [0.2, 0.25) is 10.0 Å². The number of carbonyl (C=O) groups is 2. The molecule has 7 heteroatoms. The van der Waals surface area contributed by atoms with Gasteiger partial charge in [0.25, 0.3) is 5.78 Å². The number of fused-ring (bicyclic) bond motifs is 2. The molecule has 5 nitrogen and oxygen atoms in total. The van der Waals surface area contributed by atoms with Crippen molar-refractivity contribution in [1.82, 2.24) is 9.13 Å². The SMILES string of the molecule is CCCCn1cc(OC(=O)C(=O)c2cn(CCCC)c3ccc(-c4ccc(Cl)cc4)cc23)c2cc(-c3ccc(Cl)cc3)ccc21. The molecule has 0 amide bonds. The van der Waals surface area contributed by atoms with Crippen LogP contribution in [0.3, 0.4) is 0 Å². The maximum absolute atomic E-state index is 13.9. The van der Waals surface area contributed by atoms with Crippen LogP contribution in [0.1, 0.15) is 49.9 Å². The van der Waals surface area contributed by atoms with Gasteiger partial charge in [-0.25, -0.2) is 4.79 Å². The van der Waals surface area contributed by atoms with Crippen molar-refractivity contribution >= 4 is 56.8 Å². The second-order valence-corrected chi connectivity index (χ2v) is 12.2. The average Bonchev–Trinajstić information content (AvgIpc) is 3.60. The van der Waals surface area contributed by atoms with Crippen LogP contribution < -0.4 is 4.74 Å². The molecule has 0 atom stereocenters. The van der Waals surface area contributed by atoms with Crippen LogP contribution in [0.5, 0.6) is 5.75 Å². The van der Waals surface area contributed by atoms with Crippen molar-refractivity contribution in [3.05, 3.63) is 113 Å². The first-order valence-corrected chi connectivity index (χ1v) is 16.2.